The molecule has 0 saturated heterocycles. The first-order chi connectivity index (χ1) is 10.7. The summed E-state index contributed by atoms with van der Waals surface area (Å²) in [6.07, 6.45) is 0. The average molecular weight is 439 g/mol. The molecule has 0 atom stereocenters. The molecule has 9 heteroatoms. The summed E-state index contributed by atoms with van der Waals surface area (Å²) in [5.74, 6) is -1.40. The van der Waals surface area contributed by atoms with Crippen molar-refractivity contribution in [1.82, 2.24) is 4.72 Å². The van der Waals surface area contributed by atoms with Crippen molar-refractivity contribution in [2.45, 2.75) is 11.4 Å². The number of benzene rings is 2. The average Bonchev–Trinajstić information content (AvgIpc) is 2.46. The van der Waals surface area contributed by atoms with E-state index in [-0.39, 0.29) is 16.5 Å². The van der Waals surface area contributed by atoms with Crippen LogP contribution in [0.3, 0.4) is 0 Å². The Balaban J connectivity index is 2.31. The third-order valence-corrected chi connectivity index (χ3v) is 5.73. The van der Waals surface area contributed by atoms with Gasteiger partial charge in [0.1, 0.15) is 4.90 Å². The van der Waals surface area contributed by atoms with Crippen molar-refractivity contribution in [3.8, 4) is 0 Å². The van der Waals surface area contributed by atoms with Crippen LogP contribution < -0.4 is 4.72 Å². The van der Waals surface area contributed by atoms with Gasteiger partial charge in [0.05, 0.1) is 15.6 Å². The Bertz CT molecular complexity index is 854. The first-order valence-corrected chi connectivity index (χ1v) is 9.21. The fourth-order valence-corrected chi connectivity index (χ4v) is 3.99. The van der Waals surface area contributed by atoms with Gasteiger partial charge >= 0.3 is 5.97 Å². The van der Waals surface area contributed by atoms with E-state index >= 15 is 0 Å². The maximum Gasteiger partial charge on any atom is 0.338 e. The molecule has 0 unspecified atom stereocenters. The van der Waals surface area contributed by atoms with Crippen LogP contribution in [-0.2, 0) is 16.6 Å². The van der Waals surface area contributed by atoms with Crippen LogP contribution in [0.1, 0.15) is 15.9 Å². The van der Waals surface area contributed by atoms with Gasteiger partial charge in [-0.1, -0.05) is 51.3 Å². The zero-order chi connectivity index (χ0) is 17.2. The summed E-state index contributed by atoms with van der Waals surface area (Å²) in [5, 5.41) is 8.53. The van der Waals surface area contributed by atoms with Crippen molar-refractivity contribution in [2.24, 2.45) is 0 Å². The molecule has 2 rings (SSSR count). The van der Waals surface area contributed by atoms with E-state index in [1.54, 1.807) is 24.3 Å². The Kier molecular flexibility index (Phi) is 5.70. The number of carbonyl (C=O) groups is 1. The summed E-state index contributed by atoms with van der Waals surface area (Å²) in [5.41, 5.74) is 0.292. The molecule has 0 heterocycles. The lowest BCUT2D eigenvalue weighted by Crippen LogP contribution is -2.24. The molecule has 122 valence electrons. The van der Waals surface area contributed by atoms with E-state index in [1.165, 1.54) is 12.1 Å². The minimum atomic E-state index is -3.99. The van der Waals surface area contributed by atoms with Gasteiger partial charge in [-0.25, -0.2) is 17.9 Å². The molecule has 0 fully saturated rings. The highest BCUT2D eigenvalue weighted by atomic mass is 79.9. The Morgan fingerprint density at radius 2 is 1.74 bits per heavy atom. The lowest BCUT2D eigenvalue weighted by Gasteiger charge is -2.11. The first kappa shape index (κ1) is 18.2. The minimum absolute atomic E-state index is 0.0387. The Hall–Kier alpha value is -1.12. The molecule has 0 aliphatic heterocycles. The first-order valence-electron chi connectivity index (χ1n) is 6.18. The van der Waals surface area contributed by atoms with E-state index in [2.05, 4.69) is 20.7 Å². The third kappa shape index (κ3) is 4.24. The molecular weight excluding hydrogens is 429 g/mol. The van der Waals surface area contributed by atoms with Crippen LogP contribution in [0.25, 0.3) is 0 Å². The monoisotopic (exact) mass is 437 g/mol. The third-order valence-electron chi connectivity index (χ3n) is 2.94. The van der Waals surface area contributed by atoms with Crippen molar-refractivity contribution < 1.29 is 18.3 Å². The van der Waals surface area contributed by atoms with Crippen molar-refractivity contribution in [2.75, 3.05) is 0 Å². The molecule has 0 spiro atoms. The van der Waals surface area contributed by atoms with Crippen LogP contribution in [0.15, 0.2) is 45.8 Å². The van der Waals surface area contributed by atoms with Crippen LogP contribution >= 0.6 is 39.1 Å². The summed E-state index contributed by atoms with van der Waals surface area (Å²) in [4.78, 5) is 10.8. The van der Waals surface area contributed by atoms with Crippen molar-refractivity contribution in [1.29, 1.82) is 0 Å². The number of hydrogen-bond acceptors (Lipinski definition) is 3. The smallest absolute Gasteiger partial charge is 0.338 e. The maximum absolute atomic E-state index is 12.3. The molecule has 0 radical (unpaired) electrons. The number of halogens is 3. The Morgan fingerprint density at radius 3 is 2.30 bits per heavy atom. The molecule has 0 amide bonds. The number of nitrogens with one attached hydrogen (secondary N) is 1. The molecule has 0 aliphatic rings. The fourth-order valence-electron chi connectivity index (χ4n) is 1.80. The van der Waals surface area contributed by atoms with Crippen LogP contribution in [0.2, 0.25) is 10.0 Å². The number of aromatic carboxylic acids is 1. The molecular formula is C14H10BrCl2NO4S. The number of hydrogen-bond donors (Lipinski definition) is 2. The van der Waals surface area contributed by atoms with Crippen molar-refractivity contribution >= 4 is 55.1 Å². The standard InChI is InChI=1S/C14H10BrCl2NO4S/c15-9-3-1-8(2-4-9)7-18-23(21,22)11-6-5-10(16)12(13(11)17)14(19)20/h1-6,18H,7H2,(H,19,20). The molecule has 0 saturated carbocycles. The molecule has 0 bridgehead atoms. The highest BCUT2D eigenvalue weighted by Crippen LogP contribution is 2.31. The second-order valence-electron chi connectivity index (χ2n) is 4.49. The van der Waals surface area contributed by atoms with Gasteiger partial charge in [-0.05, 0) is 29.8 Å². The van der Waals surface area contributed by atoms with E-state index in [9.17, 15) is 13.2 Å². The van der Waals surface area contributed by atoms with Gasteiger partial charge in [-0.3, -0.25) is 0 Å². The van der Waals surface area contributed by atoms with Gasteiger partial charge < -0.3 is 5.11 Å². The highest BCUT2D eigenvalue weighted by Gasteiger charge is 2.24. The molecule has 5 nitrogen and oxygen atoms in total. The SMILES string of the molecule is O=C(O)c1c(Cl)ccc(S(=O)(=O)NCc2ccc(Br)cc2)c1Cl. The largest absolute Gasteiger partial charge is 0.478 e. The fraction of sp³-hybridized carbons (Fsp3) is 0.0714. The summed E-state index contributed by atoms with van der Waals surface area (Å²) in [6, 6.07) is 9.41. The van der Waals surface area contributed by atoms with Gasteiger partial charge in [-0.2, -0.15) is 0 Å². The topological polar surface area (TPSA) is 83.5 Å². The second kappa shape index (κ2) is 7.19. The van der Waals surface area contributed by atoms with E-state index in [4.69, 9.17) is 28.3 Å². The van der Waals surface area contributed by atoms with Crippen molar-refractivity contribution in [3.05, 3.63) is 62.0 Å². The zero-order valence-electron chi connectivity index (χ0n) is 11.4. The Morgan fingerprint density at radius 1 is 1.13 bits per heavy atom. The lowest BCUT2D eigenvalue weighted by molar-refractivity contribution is 0.0697. The summed E-state index contributed by atoms with van der Waals surface area (Å²) in [6.45, 7) is 0.0387. The second-order valence-corrected chi connectivity index (χ2v) is 7.93. The van der Waals surface area contributed by atoms with E-state index < -0.39 is 26.6 Å². The summed E-state index contributed by atoms with van der Waals surface area (Å²) < 4.78 is 27.9. The van der Waals surface area contributed by atoms with Crippen molar-refractivity contribution in [3.63, 3.8) is 0 Å². The van der Waals surface area contributed by atoms with Crippen LogP contribution in [-0.4, -0.2) is 19.5 Å². The van der Waals surface area contributed by atoms with E-state index in [0.717, 1.165) is 10.0 Å². The number of rotatable bonds is 5. The van der Waals surface area contributed by atoms with E-state index in [0.29, 0.717) is 0 Å². The molecule has 0 aliphatic carbocycles. The van der Waals surface area contributed by atoms with Crippen LogP contribution in [0.4, 0.5) is 0 Å². The van der Waals surface area contributed by atoms with E-state index in [1.807, 2.05) is 0 Å². The predicted octanol–water partition coefficient (Wildman–Crippen LogP) is 3.93. The number of carboxylic acids is 1. The quantitative estimate of drug-likeness (QED) is 0.740. The van der Waals surface area contributed by atoms with Gasteiger partial charge in [0.25, 0.3) is 0 Å². The van der Waals surface area contributed by atoms with Crippen LogP contribution in [0, 0.1) is 0 Å². The number of carboxylic acid groups (broad SMARTS) is 1. The summed E-state index contributed by atoms with van der Waals surface area (Å²) in [7, 11) is -3.99. The zero-order valence-corrected chi connectivity index (χ0v) is 15.3. The lowest BCUT2D eigenvalue weighted by atomic mass is 10.2. The van der Waals surface area contributed by atoms with Gasteiger partial charge in [0.15, 0.2) is 0 Å². The molecule has 2 aromatic carbocycles. The van der Waals surface area contributed by atoms with Gasteiger partial charge in [0, 0.05) is 11.0 Å². The van der Waals surface area contributed by atoms with Crippen LogP contribution in [0.5, 0.6) is 0 Å². The normalized spacial score (nSPS) is 11.4. The maximum atomic E-state index is 12.3. The van der Waals surface area contributed by atoms with Gasteiger partial charge in [0.2, 0.25) is 10.0 Å². The Labute approximate surface area is 151 Å². The summed E-state index contributed by atoms with van der Waals surface area (Å²) >= 11 is 14.9. The molecule has 2 aromatic rings. The van der Waals surface area contributed by atoms with Gasteiger partial charge in [-0.15, -0.1) is 0 Å². The molecule has 0 aromatic heterocycles. The predicted molar refractivity (Wildman–Crippen MR) is 91.6 cm³/mol. The highest BCUT2D eigenvalue weighted by molar-refractivity contribution is 9.10. The number of sulfonamides is 1. The minimum Gasteiger partial charge on any atom is -0.478 e. The molecule has 2 N–H and O–H groups in total. The molecule has 23 heavy (non-hydrogen) atoms.